The van der Waals surface area contributed by atoms with Crippen LogP contribution in [-0.4, -0.2) is 8.07 Å². The highest BCUT2D eigenvalue weighted by atomic mass is 28.3. The van der Waals surface area contributed by atoms with Crippen LogP contribution < -0.4 is 20.7 Å². The number of hydrogen-bond acceptors (Lipinski definition) is 0. The van der Waals surface area contributed by atoms with E-state index in [9.17, 15) is 0 Å². The Labute approximate surface area is 376 Å². The fourth-order valence-corrected chi connectivity index (χ4v) is 15.9. The lowest BCUT2D eigenvalue weighted by Gasteiger charge is -2.34. The van der Waals surface area contributed by atoms with Crippen molar-refractivity contribution in [3.8, 4) is 44.5 Å². The molecule has 1 aliphatic carbocycles. The molecule has 0 N–H and O–H groups in total. The molecule has 0 heterocycles. The Hall–Kier alpha value is -7.58. The standard InChI is InChI=1S/C63H46Si/c1-63(2)59-41-46(44-32-36-52(37-33-44)64(49-20-6-3-7-21-49,50-22-8-4-9-23-50)51-24-10-5-11-25-51)34-38-53(59)54-39-35-48(42-60(54)63)62-57-28-16-14-26-55(57)61(56-27-15-17-29-58(56)62)47-31-30-43-18-12-13-19-45(43)40-47/h3-42H,1-2H3. The van der Waals surface area contributed by atoms with E-state index in [-0.39, 0.29) is 5.41 Å². The molecule has 0 fully saturated rings. The molecule has 0 amide bonds. The van der Waals surface area contributed by atoms with Gasteiger partial charge in [-0.3, -0.25) is 0 Å². The molecular formula is C63H46Si. The van der Waals surface area contributed by atoms with Crippen LogP contribution in [0.5, 0.6) is 0 Å². The van der Waals surface area contributed by atoms with E-state index in [1.807, 2.05) is 0 Å². The van der Waals surface area contributed by atoms with Crippen LogP contribution in [0.25, 0.3) is 76.8 Å². The van der Waals surface area contributed by atoms with Gasteiger partial charge in [-0.2, -0.15) is 0 Å². The Balaban J connectivity index is 0.952. The number of hydrogen-bond donors (Lipinski definition) is 0. The zero-order valence-corrected chi connectivity index (χ0v) is 37.1. The van der Waals surface area contributed by atoms with E-state index in [4.69, 9.17) is 0 Å². The predicted octanol–water partition coefficient (Wildman–Crippen LogP) is 13.8. The van der Waals surface area contributed by atoms with Crippen molar-refractivity contribution < 1.29 is 0 Å². The molecule has 0 radical (unpaired) electrons. The van der Waals surface area contributed by atoms with Crippen LogP contribution in [0.3, 0.4) is 0 Å². The number of rotatable bonds is 7. The highest BCUT2D eigenvalue weighted by Crippen LogP contribution is 2.52. The second-order valence-corrected chi connectivity index (χ2v) is 21.8. The molecular weight excluding hydrogens is 785 g/mol. The van der Waals surface area contributed by atoms with E-state index in [0.717, 1.165) is 0 Å². The largest absolute Gasteiger partial charge is 0.179 e. The molecule has 64 heavy (non-hydrogen) atoms. The van der Waals surface area contributed by atoms with Gasteiger partial charge in [-0.25, -0.2) is 0 Å². The molecule has 0 saturated carbocycles. The van der Waals surface area contributed by atoms with Gasteiger partial charge in [0, 0.05) is 5.41 Å². The first-order valence-corrected chi connectivity index (χ1v) is 24.5. The van der Waals surface area contributed by atoms with Gasteiger partial charge >= 0.3 is 0 Å². The zero-order valence-electron chi connectivity index (χ0n) is 36.1. The summed E-state index contributed by atoms with van der Waals surface area (Å²) in [4.78, 5) is 0. The van der Waals surface area contributed by atoms with Gasteiger partial charge in [0.05, 0.1) is 0 Å². The Kier molecular flexibility index (Phi) is 8.96. The molecule has 0 spiro atoms. The molecule has 0 nitrogen and oxygen atoms in total. The van der Waals surface area contributed by atoms with E-state index in [0.29, 0.717) is 0 Å². The topological polar surface area (TPSA) is 0 Å². The summed E-state index contributed by atoms with van der Waals surface area (Å²) in [5, 5.41) is 13.2. The van der Waals surface area contributed by atoms with Gasteiger partial charge in [-0.1, -0.05) is 238 Å². The van der Waals surface area contributed by atoms with Gasteiger partial charge in [0.2, 0.25) is 0 Å². The fraction of sp³-hybridized carbons (Fsp3) is 0.0476. The molecule has 0 unspecified atom stereocenters. The summed E-state index contributed by atoms with van der Waals surface area (Å²) in [6, 6.07) is 91.1. The summed E-state index contributed by atoms with van der Waals surface area (Å²) < 4.78 is 0. The average Bonchev–Trinajstić information content (AvgIpc) is 3.59. The molecule has 0 saturated heterocycles. The first-order chi connectivity index (χ1) is 31.5. The van der Waals surface area contributed by atoms with Crippen molar-refractivity contribution in [1.29, 1.82) is 0 Å². The van der Waals surface area contributed by atoms with Crippen molar-refractivity contribution in [2.45, 2.75) is 19.3 Å². The quantitative estimate of drug-likeness (QED) is 0.0853. The SMILES string of the molecule is CC1(C)c2cc(-c3ccc([Si](c4ccccc4)(c4ccccc4)c4ccccc4)cc3)ccc2-c2ccc(-c3c4ccccc4c(-c4ccc5ccccc5c4)c4ccccc34)cc21. The molecule has 0 atom stereocenters. The van der Waals surface area contributed by atoms with Crippen molar-refractivity contribution in [2.75, 3.05) is 0 Å². The maximum absolute atomic E-state index is 2.61. The van der Waals surface area contributed by atoms with E-state index in [2.05, 4.69) is 257 Å². The Morgan fingerprint density at radius 3 is 1.14 bits per heavy atom. The van der Waals surface area contributed by atoms with Crippen molar-refractivity contribution in [3.05, 3.63) is 254 Å². The van der Waals surface area contributed by atoms with E-state index < -0.39 is 8.07 Å². The molecule has 11 aromatic carbocycles. The van der Waals surface area contributed by atoms with Gasteiger partial charge in [-0.15, -0.1) is 0 Å². The van der Waals surface area contributed by atoms with Crippen molar-refractivity contribution in [3.63, 3.8) is 0 Å². The Morgan fingerprint density at radius 2 is 0.641 bits per heavy atom. The number of benzene rings is 11. The summed E-state index contributed by atoms with van der Waals surface area (Å²) in [6.07, 6.45) is 0. The Bertz CT molecular complexity index is 3400. The second-order valence-electron chi connectivity index (χ2n) is 18.0. The van der Waals surface area contributed by atoms with Crippen molar-refractivity contribution in [2.24, 2.45) is 0 Å². The summed E-state index contributed by atoms with van der Waals surface area (Å²) in [6.45, 7) is 4.82. The predicted molar refractivity (Wildman–Crippen MR) is 276 cm³/mol. The van der Waals surface area contributed by atoms with Crippen LogP contribution in [0, 0.1) is 0 Å². The second kappa shape index (κ2) is 15.1. The van der Waals surface area contributed by atoms with E-state index in [1.54, 1.807) is 0 Å². The normalized spacial score (nSPS) is 13.0. The highest BCUT2D eigenvalue weighted by Gasteiger charge is 2.41. The zero-order chi connectivity index (χ0) is 42.8. The van der Waals surface area contributed by atoms with Crippen LogP contribution in [0.1, 0.15) is 25.0 Å². The minimum absolute atomic E-state index is 0.191. The monoisotopic (exact) mass is 830 g/mol. The van der Waals surface area contributed by atoms with Crippen LogP contribution >= 0.6 is 0 Å². The lowest BCUT2D eigenvalue weighted by Crippen LogP contribution is -2.74. The molecule has 302 valence electrons. The van der Waals surface area contributed by atoms with Crippen molar-refractivity contribution in [1.82, 2.24) is 0 Å². The summed E-state index contributed by atoms with van der Waals surface area (Å²) >= 11 is 0. The molecule has 0 bridgehead atoms. The smallest absolute Gasteiger partial charge is 0.0623 e. The minimum atomic E-state index is -2.61. The molecule has 1 aliphatic rings. The average molecular weight is 831 g/mol. The molecule has 11 aromatic rings. The van der Waals surface area contributed by atoms with Gasteiger partial charge < -0.3 is 0 Å². The van der Waals surface area contributed by atoms with Crippen LogP contribution in [-0.2, 0) is 5.41 Å². The lowest BCUT2D eigenvalue weighted by atomic mass is 9.80. The molecule has 1 heteroatoms. The first kappa shape index (κ1) is 38.1. The van der Waals surface area contributed by atoms with E-state index >= 15 is 0 Å². The third kappa shape index (κ3) is 5.89. The van der Waals surface area contributed by atoms with Gasteiger partial charge in [0.25, 0.3) is 0 Å². The molecule has 12 rings (SSSR count). The molecule has 0 aliphatic heterocycles. The number of fused-ring (bicyclic) bond motifs is 6. The van der Waals surface area contributed by atoms with Crippen LogP contribution in [0.2, 0.25) is 0 Å². The minimum Gasteiger partial charge on any atom is -0.0623 e. The summed E-state index contributed by atoms with van der Waals surface area (Å²) in [5.74, 6) is 0. The van der Waals surface area contributed by atoms with Gasteiger partial charge in [0.15, 0.2) is 8.07 Å². The third-order valence-corrected chi connectivity index (χ3v) is 19.0. The third-order valence-electron chi connectivity index (χ3n) is 14.2. The summed E-state index contributed by atoms with van der Waals surface area (Å²) in [5.41, 5.74) is 12.8. The fourth-order valence-electron chi connectivity index (χ4n) is 11.1. The van der Waals surface area contributed by atoms with Crippen LogP contribution in [0.4, 0.5) is 0 Å². The highest BCUT2D eigenvalue weighted by molar-refractivity contribution is 7.19. The lowest BCUT2D eigenvalue weighted by molar-refractivity contribution is 0.661. The van der Waals surface area contributed by atoms with E-state index in [1.165, 1.54) is 109 Å². The molecule has 0 aromatic heterocycles. The first-order valence-electron chi connectivity index (χ1n) is 22.5. The Morgan fingerprint density at radius 1 is 0.281 bits per heavy atom. The van der Waals surface area contributed by atoms with Gasteiger partial charge in [-0.05, 0) is 127 Å². The summed E-state index contributed by atoms with van der Waals surface area (Å²) in [7, 11) is -2.61. The van der Waals surface area contributed by atoms with Crippen molar-refractivity contribution >= 4 is 61.1 Å². The maximum atomic E-state index is 2.49. The van der Waals surface area contributed by atoms with Gasteiger partial charge in [0.1, 0.15) is 0 Å². The maximum Gasteiger partial charge on any atom is 0.179 e. The van der Waals surface area contributed by atoms with Crippen LogP contribution in [0.15, 0.2) is 243 Å².